The van der Waals surface area contributed by atoms with Crippen LogP contribution in [0.3, 0.4) is 0 Å². The maximum Gasteiger partial charge on any atom is 0.282 e. The lowest BCUT2D eigenvalue weighted by molar-refractivity contribution is -0.0634. The van der Waals surface area contributed by atoms with Gasteiger partial charge in [0.1, 0.15) is 12.1 Å². The zero-order valence-electron chi connectivity index (χ0n) is 8.12. The van der Waals surface area contributed by atoms with E-state index < -0.39 is 0 Å². The molecule has 2 aliphatic rings. The summed E-state index contributed by atoms with van der Waals surface area (Å²) in [5, 5.41) is 0. The number of hydrogen-bond acceptors (Lipinski definition) is 4. The van der Waals surface area contributed by atoms with E-state index in [0.29, 0.717) is 12.6 Å². The molecule has 4 heteroatoms. The quantitative estimate of drug-likeness (QED) is 0.601. The molecule has 0 bridgehead atoms. The van der Waals surface area contributed by atoms with Crippen molar-refractivity contribution in [2.45, 2.75) is 44.4 Å². The fourth-order valence-corrected chi connectivity index (χ4v) is 2.36. The van der Waals surface area contributed by atoms with E-state index in [1.165, 1.54) is 0 Å². The maximum atomic E-state index is 5.64. The molecule has 1 spiro atoms. The molecule has 1 fully saturated rings. The molecule has 1 saturated heterocycles. The third-order valence-corrected chi connectivity index (χ3v) is 2.64. The van der Waals surface area contributed by atoms with Gasteiger partial charge in [-0.3, -0.25) is 0 Å². The third-order valence-electron chi connectivity index (χ3n) is 2.64. The Hall–Kier alpha value is -0.770. The minimum absolute atomic E-state index is 0.0961. The second-order valence-corrected chi connectivity index (χ2v) is 4.13. The molecule has 0 aliphatic carbocycles. The largest absolute Gasteiger partial charge is 0.463 e. The summed E-state index contributed by atoms with van der Waals surface area (Å²) in [7, 11) is 0. The van der Waals surface area contributed by atoms with E-state index in [1.54, 1.807) is 0 Å². The van der Waals surface area contributed by atoms with Crippen molar-refractivity contribution in [1.82, 2.24) is 0 Å². The van der Waals surface area contributed by atoms with Crippen molar-refractivity contribution in [2.75, 3.05) is 6.61 Å². The summed E-state index contributed by atoms with van der Waals surface area (Å²) in [6, 6.07) is 0.335. The average Bonchev–Trinajstić information content (AvgIpc) is 2.28. The molecular formula is C9H16N2O2. The van der Waals surface area contributed by atoms with Gasteiger partial charge >= 0.3 is 0 Å². The standard InChI is InChI=1S/C9H16N2O2/c1-6-3-9(4-7(2)13-6)5-12-8(10)11-9/h6-7H,3-5H2,1-2H3,(H2,10,11). The van der Waals surface area contributed by atoms with Crippen LogP contribution in [0.25, 0.3) is 0 Å². The summed E-state index contributed by atoms with van der Waals surface area (Å²) in [5.74, 6) is 0. The molecule has 0 aromatic heterocycles. The molecule has 2 rings (SSSR count). The van der Waals surface area contributed by atoms with E-state index in [1.807, 2.05) is 0 Å². The molecule has 0 saturated carbocycles. The first kappa shape index (κ1) is 8.81. The van der Waals surface area contributed by atoms with E-state index in [2.05, 4.69) is 18.8 Å². The van der Waals surface area contributed by atoms with Crippen LogP contribution in [0.4, 0.5) is 0 Å². The van der Waals surface area contributed by atoms with Crippen molar-refractivity contribution in [3.05, 3.63) is 0 Å². The summed E-state index contributed by atoms with van der Waals surface area (Å²) < 4.78 is 10.9. The van der Waals surface area contributed by atoms with Crippen molar-refractivity contribution in [2.24, 2.45) is 10.7 Å². The van der Waals surface area contributed by atoms with Crippen LogP contribution in [0.1, 0.15) is 26.7 Å². The second kappa shape index (κ2) is 2.87. The molecule has 0 aromatic carbocycles. The van der Waals surface area contributed by atoms with Crippen LogP contribution < -0.4 is 5.73 Å². The minimum atomic E-state index is -0.0961. The van der Waals surface area contributed by atoms with Crippen LogP contribution in [0.15, 0.2) is 4.99 Å². The van der Waals surface area contributed by atoms with E-state index >= 15 is 0 Å². The molecular weight excluding hydrogens is 168 g/mol. The van der Waals surface area contributed by atoms with E-state index in [4.69, 9.17) is 15.2 Å². The molecule has 4 nitrogen and oxygen atoms in total. The van der Waals surface area contributed by atoms with Crippen LogP contribution >= 0.6 is 0 Å². The number of nitrogens with zero attached hydrogens (tertiary/aromatic N) is 1. The van der Waals surface area contributed by atoms with Crippen molar-refractivity contribution < 1.29 is 9.47 Å². The summed E-state index contributed by atoms with van der Waals surface area (Å²) in [6.45, 7) is 4.76. The number of hydrogen-bond donors (Lipinski definition) is 1. The lowest BCUT2D eigenvalue weighted by Crippen LogP contribution is -2.43. The fraction of sp³-hybridized carbons (Fsp3) is 0.889. The highest BCUT2D eigenvalue weighted by molar-refractivity contribution is 5.73. The van der Waals surface area contributed by atoms with Crippen LogP contribution in [-0.2, 0) is 9.47 Å². The highest BCUT2D eigenvalue weighted by atomic mass is 16.5. The number of rotatable bonds is 0. The molecule has 0 radical (unpaired) electrons. The Morgan fingerprint density at radius 1 is 1.38 bits per heavy atom. The fourth-order valence-electron chi connectivity index (χ4n) is 2.36. The highest BCUT2D eigenvalue weighted by Gasteiger charge is 2.42. The lowest BCUT2D eigenvalue weighted by atomic mass is 9.86. The van der Waals surface area contributed by atoms with Gasteiger partial charge in [-0.2, -0.15) is 0 Å². The summed E-state index contributed by atoms with van der Waals surface area (Å²) in [6.07, 6.45) is 2.33. The number of aliphatic imine (C=N–C) groups is 1. The van der Waals surface area contributed by atoms with Crippen molar-refractivity contribution in [3.63, 3.8) is 0 Å². The normalized spacial score (nSPS) is 44.6. The van der Waals surface area contributed by atoms with Gasteiger partial charge in [0.2, 0.25) is 0 Å². The Labute approximate surface area is 78.1 Å². The zero-order chi connectivity index (χ0) is 9.47. The summed E-state index contributed by atoms with van der Waals surface area (Å²) in [5.41, 5.74) is 5.42. The molecule has 2 atom stereocenters. The minimum Gasteiger partial charge on any atom is -0.463 e. The van der Waals surface area contributed by atoms with Gasteiger partial charge in [-0.1, -0.05) is 0 Å². The Balaban J connectivity index is 2.14. The van der Waals surface area contributed by atoms with Gasteiger partial charge in [0, 0.05) is 12.8 Å². The highest BCUT2D eigenvalue weighted by Crippen LogP contribution is 2.34. The molecule has 74 valence electrons. The molecule has 2 heterocycles. The van der Waals surface area contributed by atoms with E-state index in [9.17, 15) is 0 Å². The molecule has 2 aliphatic heterocycles. The Bertz CT molecular complexity index is 230. The van der Waals surface area contributed by atoms with Crippen LogP contribution in [-0.4, -0.2) is 30.4 Å². The maximum absolute atomic E-state index is 5.64. The predicted molar refractivity (Wildman–Crippen MR) is 49.5 cm³/mol. The number of amidine groups is 1. The van der Waals surface area contributed by atoms with Crippen LogP contribution in [0.2, 0.25) is 0 Å². The van der Waals surface area contributed by atoms with Gasteiger partial charge < -0.3 is 15.2 Å². The Kier molecular flexibility index (Phi) is 1.95. The average molecular weight is 184 g/mol. The van der Waals surface area contributed by atoms with E-state index in [-0.39, 0.29) is 17.7 Å². The number of nitrogens with two attached hydrogens (primary N) is 1. The first-order valence-electron chi connectivity index (χ1n) is 4.73. The third kappa shape index (κ3) is 1.63. The summed E-state index contributed by atoms with van der Waals surface area (Å²) in [4.78, 5) is 4.37. The monoisotopic (exact) mass is 184 g/mol. The van der Waals surface area contributed by atoms with Gasteiger partial charge in [0.05, 0.1) is 12.2 Å². The molecule has 2 N–H and O–H groups in total. The van der Waals surface area contributed by atoms with Crippen molar-refractivity contribution in [1.29, 1.82) is 0 Å². The SMILES string of the molecule is CC1CC2(COC(N)=N2)CC(C)O1. The Morgan fingerprint density at radius 3 is 2.46 bits per heavy atom. The molecule has 13 heavy (non-hydrogen) atoms. The molecule has 0 aromatic rings. The first-order chi connectivity index (χ1) is 6.10. The van der Waals surface area contributed by atoms with Crippen LogP contribution in [0.5, 0.6) is 0 Å². The second-order valence-electron chi connectivity index (χ2n) is 4.13. The first-order valence-corrected chi connectivity index (χ1v) is 4.73. The van der Waals surface area contributed by atoms with Gasteiger partial charge in [0.15, 0.2) is 0 Å². The summed E-state index contributed by atoms with van der Waals surface area (Å²) >= 11 is 0. The molecule has 2 unspecified atom stereocenters. The van der Waals surface area contributed by atoms with Gasteiger partial charge in [-0.25, -0.2) is 4.99 Å². The van der Waals surface area contributed by atoms with Crippen molar-refractivity contribution in [3.8, 4) is 0 Å². The van der Waals surface area contributed by atoms with Gasteiger partial charge in [-0.15, -0.1) is 0 Å². The molecule has 0 amide bonds. The topological polar surface area (TPSA) is 56.8 Å². The van der Waals surface area contributed by atoms with Crippen molar-refractivity contribution >= 4 is 6.02 Å². The predicted octanol–water partition coefficient (Wildman–Crippen LogP) is 0.658. The van der Waals surface area contributed by atoms with Gasteiger partial charge in [0.25, 0.3) is 6.02 Å². The zero-order valence-corrected chi connectivity index (χ0v) is 8.12. The smallest absolute Gasteiger partial charge is 0.282 e. The van der Waals surface area contributed by atoms with Gasteiger partial charge in [-0.05, 0) is 13.8 Å². The van der Waals surface area contributed by atoms with E-state index in [0.717, 1.165) is 12.8 Å². The van der Waals surface area contributed by atoms with Crippen LogP contribution in [0, 0.1) is 0 Å². The lowest BCUT2D eigenvalue weighted by Gasteiger charge is -2.36. The Morgan fingerprint density at radius 2 is 2.00 bits per heavy atom. The number of ether oxygens (including phenoxy) is 2.